The van der Waals surface area contributed by atoms with Gasteiger partial charge in [0.2, 0.25) is 0 Å². The van der Waals surface area contributed by atoms with Crippen molar-refractivity contribution in [1.82, 2.24) is 4.90 Å². The van der Waals surface area contributed by atoms with E-state index in [4.69, 9.17) is 9.47 Å². The summed E-state index contributed by atoms with van der Waals surface area (Å²) in [5.41, 5.74) is 1.33. The molecule has 0 bridgehead atoms. The van der Waals surface area contributed by atoms with Gasteiger partial charge in [-0.2, -0.15) is 0 Å². The fourth-order valence-corrected chi connectivity index (χ4v) is 2.61. The van der Waals surface area contributed by atoms with Crippen molar-refractivity contribution in [3.63, 3.8) is 0 Å². The van der Waals surface area contributed by atoms with E-state index in [-0.39, 0.29) is 0 Å². The largest absolute Gasteiger partial charge is 0.458 e. The molecule has 0 atom stereocenters. The Kier molecular flexibility index (Phi) is 3.51. The zero-order valence-electron chi connectivity index (χ0n) is 10.6. The number of fused-ring (bicyclic) bond motifs is 1. The number of rotatable bonds is 4. The topological polar surface area (TPSA) is 21.7 Å². The minimum absolute atomic E-state index is 0.806. The lowest BCUT2D eigenvalue weighted by Gasteiger charge is -2.15. The summed E-state index contributed by atoms with van der Waals surface area (Å²) in [7, 11) is 0. The van der Waals surface area contributed by atoms with E-state index in [0.29, 0.717) is 0 Å². The van der Waals surface area contributed by atoms with Crippen LogP contribution in [0.15, 0.2) is 30.7 Å². The number of hydrogen-bond acceptors (Lipinski definition) is 3. The van der Waals surface area contributed by atoms with Crippen molar-refractivity contribution < 1.29 is 9.47 Å². The molecule has 18 heavy (non-hydrogen) atoms. The SMILES string of the molecule is C1=COc2cc(CCCN3CCCC3)ccc2O1. The number of hydrogen-bond donors (Lipinski definition) is 0. The van der Waals surface area contributed by atoms with Gasteiger partial charge in [-0.05, 0) is 63.0 Å². The average molecular weight is 245 g/mol. The first kappa shape index (κ1) is 11.6. The van der Waals surface area contributed by atoms with Crippen LogP contribution >= 0.6 is 0 Å². The van der Waals surface area contributed by atoms with E-state index in [9.17, 15) is 0 Å². The monoisotopic (exact) mass is 245 g/mol. The molecule has 3 rings (SSSR count). The van der Waals surface area contributed by atoms with Crippen molar-refractivity contribution in [2.24, 2.45) is 0 Å². The molecular formula is C15H19NO2. The van der Waals surface area contributed by atoms with Gasteiger partial charge in [0.15, 0.2) is 11.5 Å². The van der Waals surface area contributed by atoms with Gasteiger partial charge >= 0.3 is 0 Å². The summed E-state index contributed by atoms with van der Waals surface area (Å²) in [6.07, 6.45) is 8.21. The molecule has 3 nitrogen and oxygen atoms in total. The van der Waals surface area contributed by atoms with Crippen molar-refractivity contribution in [3.05, 3.63) is 36.3 Å². The highest BCUT2D eigenvalue weighted by molar-refractivity contribution is 5.44. The number of aryl methyl sites for hydroxylation is 1. The maximum atomic E-state index is 5.43. The van der Waals surface area contributed by atoms with E-state index < -0.39 is 0 Å². The first-order chi connectivity index (χ1) is 8.92. The van der Waals surface area contributed by atoms with Gasteiger partial charge in [0.05, 0.1) is 0 Å². The van der Waals surface area contributed by atoms with Crippen LogP contribution in [0.4, 0.5) is 0 Å². The Bertz CT molecular complexity index is 436. The predicted molar refractivity (Wildman–Crippen MR) is 70.8 cm³/mol. The molecular weight excluding hydrogens is 226 g/mol. The van der Waals surface area contributed by atoms with Crippen molar-refractivity contribution in [2.75, 3.05) is 19.6 Å². The van der Waals surface area contributed by atoms with Crippen LogP contribution in [0.3, 0.4) is 0 Å². The van der Waals surface area contributed by atoms with Crippen molar-refractivity contribution in [3.8, 4) is 11.5 Å². The summed E-state index contributed by atoms with van der Waals surface area (Å²) < 4.78 is 10.8. The van der Waals surface area contributed by atoms with E-state index in [1.807, 2.05) is 6.07 Å². The molecule has 2 aliphatic heterocycles. The lowest BCUT2D eigenvalue weighted by Crippen LogP contribution is -2.20. The van der Waals surface area contributed by atoms with Crippen LogP contribution in [-0.2, 0) is 6.42 Å². The fraction of sp³-hybridized carbons (Fsp3) is 0.467. The summed E-state index contributed by atoms with van der Waals surface area (Å²) in [5.74, 6) is 1.64. The van der Waals surface area contributed by atoms with E-state index in [0.717, 1.165) is 17.9 Å². The maximum Gasteiger partial charge on any atom is 0.169 e. The number of benzene rings is 1. The summed E-state index contributed by atoms with van der Waals surface area (Å²) in [4.78, 5) is 2.56. The molecule has 2 aliphatic rings. The van der Waals surface area contributed by atoms with Crippen LogP contribution in [0.1, 0.15) is 24.8 Å². The molecule has 0 saturated carbocycles. The molecule has 1 aromatic carbocycles. The van der Waals surface area contributed by atoms with Gasteiger partial charge in [-0.1, -0.05) is 6.07 Å². The average Bonchev–Trinajstić information content (AvgIpc) is 2.92. The normalized spacial score (nSPS) is 18.2. The summed E-state index contributed by atoms with van der Waals surface area (Å²) in [6.45, 7) is 3.78. The van der Waals surface area contributed by atoms with Gasteiger partial charge in [-0.3, -0.25) is 0 Å². The Morgan fingerprint density at radius 2 is 1.78 bits per heavy atom. The molecule has 0 N–H and O–H groups in total. The van der Waals surface area contributed by atoms with Gasteiger partial charge in [0.25, 0.3) is 0 Å². The molecule has 0 unspecified atom stereocenters. The zero-order chi connectivity index (χ0) is 12.2. The molecule has 96 valence electrons. The third-order valence-electron chi connectivity index (χ3n) is 3.59. The van der Waals surface area contributed by atoms with E-state index in [1.54, 1.807) is 12.5 Å². The highest BCUT2D eigenvalue weighted by Gasteiger charge is 2.11. The van der Waals surface area contributed by atoms with E-state index in [2.05, 4.69) is 17.0 Å². The Hall–Kier alpha value is -1.48. The minimum atomic E-state index is 0.806. The van der Waals surface area contributed by atoms with E-state index >= 15 is 0 Å². The van der Waals surface area contributed by atoms with Gasteiger partial charge in [-0.15, -0.1) is 0 Å². The summed E-state index contributed by atoms with van der Waals surface area (Å²) in [5, 5.41) is 0. The summed E-state index contributed by atoms with van der Waals surface area (Å²) in [6, 6.07) is 6.21. The Morgan fingerprint density at radius 3 is 2.61 bits per heavy atom. The zero-order valence-corrected chi connectivity index (χ0v) is 10.6. The predicted octanol–water partition coefficient (Wildman–Crippen LogP) is 2.96. The number of nitrogens with zero attached hydrogens (tertiary/aromatic N) is 1. The highest BCUT2D eigenvalue weighted by atomic mass is 16.5. The molecule has 3 heteroatoms. The number of ether oxygens (including phenoxy) is 2. The van der Waals surface area contributed by atoms with Crippen LogP contribution in [0.5, 0.6) is 11.5 Å². The molecule has 1 saturated heterocycles. The van der Waals surface area contributed by atoms with Crippen LogP contribution in [0, 0.1) is 0 Å². The standard InChI is InChI=1S/C15H19NO2/c1-2-8-16(7-1)9-3-4-13-5-6-14-15(12-13)18-11-10-17-14/h5-6,10-12H,1-4,7-9H2. The van der Waals surface area contributed by atoms with Gasteiger partial charge in [-0.25, -0.2) is 0 Å². The highest BCUT2D eigenvalue weighted by Crippen LogP contribution is 2.31. The van der Waals surface area contributed by atoms with Crippen molar-refractivity contribution in [2.45, 2.75) is 25.7 Å². The molecule has 0 radical (unpaired) electrons. The van der Waals surface area contributed by atoms with Crippen LogP contribution in [0.2, 0.25) is 0 Å². The molecule has 0 spiro atoms. The van der Waals surface area contributed by atoms with Crippen LogP contribution in [0.25, 0.3) is 0 Å². The molecule has 0 aromatic heterocycles. The molecule has 0 amide bonds. The fourth-order valence-electron chi connectivity index (χ4n) is 2.61. The molecule has 0 aliphatic carbocycles. The second-order valence-corrected chi connectivity index (χ2v) is 4.94. The molecule has 2 heterocycles. The lowest BCUT2D eigenvalue weighted by molar-refractivity contribution is 0.333. The van der Waals surface area contributed by atoms with Gasteiger partial charge < -0.3 is 14.4 Å². The minimum Gasteiger partial charge on any atom is -0.458 e. The van der Waals surface area contributed by atoms with Gasteiger partial charge in [0, 0.05) is 0 Å². The third kappa shape index (κ3) is 2.67. The van der Waals surface area contributed by atoms with E-state index in [1.165, 1.54) is 44.5 Å². The summed E-state index contributed by atoms with van der Waals surface area (Å²) >= 11 is 0. The van der Waals surface area contributed by atoms with Crippen LogP contribution < -0.4 is 9.47 Å². The smallest absolute Gasteiger partial charge is 0.169 e. The number of likely N-dealkylation sites (tertiary alicyclic amines) is 1. The van der Waals surface area contributed by atoms with Crippen molar-refractivity contribution in [1.29, 1.82) is 0 Å². The Labute approximate surface area is 108 Å². The first-order valence-corrected chi connectivity index (χ1v) is 6.75. The second kappa shape index (κ2) is 5.44. The van der Waals surface area contributed by atoms with Crippen molar-refractivity contribution >= 4 is 0 Å². The Morgan fingerprint density at radius 1 is 1.00 bits per heavy atom. The quantitative estimate of drug-likeness (QED) is 0.814. The third-order valence-corrected chi connectivity index (χ3v) is 3.59. The lowest BCUT2D eigenvalue weighted by atomic mass is 10.1. The van der Waals surface area contributed by atoms with Gasteiger partial charge in [0.1, 0.15) is 12.5 Å². The first-order valence-electron chi connectivity index (χ1n) is 6.75. The second-order valence-electron chi connectivity index (χ2n) is 4.94. The Balaban J connectivity index is 1.53. The van der Waals surface area contributed by atoms with Crippen LogP contribution in [-0.4, -0.2) is 24.5 Å². The maximum absolute atomic E-state index is 5.43. The molecule has 1 aromatic rings. The molecule has 1 fully saturated rings.